The molecule has 3 rings (SSSR count). The Hall–Kier alpha value is -1.92. The van der Waals surface area contributed by atoms with Crippen molar-refractivity contribution in [3.63, 3.8) is 0 Å². The normalized spacial score (nSPS) is 19.3. The Kier molecular flexibility index (Phi) is 4.40. The van der Waals surface area contributed by atoms with E-state index in [0.717, 1.165) is 19.7 Å². The lowest BCUT2D eigenvalue weighted by Crippen LogP contribution is -2.41. The molecule has 0 radical (unpaired) electrons. The minimum absolute atomic E-state index is 0.0907. The molecule has 1 aliphatic rings. The first-order chi connectivity index (χ1) is 10.7. The summed E-state index contributed by atoms with van der Waals surface area (Å²) in [6.07, 6.45) is 3.63. The fourth-order valence-electron chi connectivity index (χ4n) is 2.70. The summed E-state index contributed by atoms with van der Waals surface area (Å²) in [5.41, 5.74) is 0.468. The fourth-order valence-corrected chi connectivity index (χ4v) is 2.70. The van der Waals surface area contributed by atoms with Gasteiger partial charge in [0.25, 0.3) is 0 Å². The molecule has 0 spiro atoms. The molecule has 1 aromatic carbocycles. The minimum atomic E-state index is -0.339. The number of rotatable bonds is 4. The summed E-state index contributed by atoms with van der Waals surface area (Å²) in [6, 6.07) is 4.81. The molecular weight excluding hydrogens is 285 g/mol. The van der Waals surface area contributed by atoms with Crippen LogP contribution in [0.5, 0.6) is 5.75 Å². The molecule has 2 heterocycles. The number of methoxy groups -OCH3 is 1. The van der Waals surface area contributed by atoms with Crippen molar-refractivity contribution in [3.8, 4) is 17.1 Å². The number of aromatic nitrogens is 2. The van der Waals surface area contributed by atoms with Gasteiger partial charge in [-0.15, -0.1) is 0 Å². The zero-order chi connectivity index (χ0) is 15.5. The number of likely N-dealkylation sites (N-methyl/N-ethyl adjacent to an activating group) is 1. The maximum atomic E-state index is 14.2. The summed E-state index contributed by atoms with van der Waals surface area (Å²) in [5, 5.41) is 0. The molecule has 1 fully saturated rings. The Morgan fingerprint density at radius 1 is 1.45 bits per heavy atom. The molecule has 1 aliphatic heterocycles. The van der Waals surface area contributed by atoms with E-state index in [2.05, 4.69) is 16.9 Å². The van der Waals surface area contributed by atoms with Gasteiger partial charge in [0.1, 0.15) is 17.4 Å². The van der Waals surface area contributed by atoms with Crippen LogP contribution in [0.4, 0.5) is 4.39 Å². The van der Waals surface area contributed by atoms with Gasteiger partial charge in [0.15, 0.2) is 0 Å². The van der Waals surface area contributed by atoms with Gasteiger partial charge in [0, 0.05) is 31.5 Å². The number of ether oxygens (including phenoxy) is 2. The summed E-state index contributed by atoms with van der Waals surface area (Å²) in [5.74, 6) is 0.766. The van der Waals surface area contributed by atoms with E-state index in [-0.39, 0.29) is 11.9 Å². The molecule has 1 unspecified atom stereocenters. The van der Waals surface area contributed by atoms with Gasteiger partial charge in [0.05, 0.1) is 31.9 Å². The maximum absolute atomic E-state index is 14.2. The molecule has 1 saturated heterocycles. The highest BCUT2D eigenvalue weighted by molar-refractivity contribution is 5.58. The smallest absolute Gasteiger partial charge is 0.142 e. The molecule has 0 aliphatic carbocycles. The van der Waals surface area contributed by atoms with Crippen molar-refractivity contribution in [1.29, 1.82) is 0 Å². The van der Waals surface area contributed by atoms with Gasteiger partial charge in [0.2, 0.25) is 0 Å². The quantitative estimate of drug-likeness (QED) is 0.866. The van der Waals surface area contributed by atoms with Crippen LogP contribution in [0.3, 0.4) is 0 Å². The monoisotopic (exact) mass is 305 g/mol. The van der Waals surface area contributed by atoms with E-state index in [0.29, 0.717) is 23.7 Å². The minimum Gasteiger partial charge on any atom is -0.497 e. The van der Waals surface area contributed by atoms with Crippen molar-refractivity contribution in [2.75, 3.05) is 33.9 Å². The molecule has 0 N–H and O–H groups in total. The van der Waals surface area contributed by atoms with Gasteiger partial charge in [-0.25, -0.2) is 9.37 Å². The molecule has 1 aromatic heterocycles. The molecule has 2 aromatic rings. The average molecular weight is 305 g/mol. The first-order valence-corrected chi connectivity index (χ1v) is 7.32. The zero-order valence-electron chi connectivity index (χ0n) is 12.8. The Bertz CT molecular complexity index is 644. The highest BCUT2D eigenvalue weighted by Gasteiger charge is 2.20. The van der Waals surface area contributed by atoms with Gasteiger partial charge in [-0.1, -0.05) is 0 Å². The molecular formula is C16H20FN3O2. The van der Waals surface area contributed by atoms with Crippen molar-refractivity contribution in [2.24, 2.45) is 0 Å². The molecule has 22 heavy (non-hydrogen) atoms. The van der Waals surface area contributed by atoms with Gasteiger partial charge in [-0.3, -0.25) is 0 Å². The summed E-state index contributed by atoms with van der Waals surface area (Å²) >= 11 is 0. The first-order valence-electron chi connectivity index (χ1n) is 7.32. The van der Waals surface area contributed by atoms with Crippen LogP contribution >= 0.6 is 0 Å². The van der Waals surface area contributed by atoms with E-state index in [4.69, 9.17) is 9.47 Å². The SMILES string of the molecule is COc1ccc(-c2nccn2CC2CN(C)CCO2)c(F)c1. The number of imidazole rings is 1. The molecule has 118 valence electrons. The molecule has 0 bridgehead atoms. The van der Waals surface area contributed by atoms with Gasteiger partial charge >= 0.3 is 0 Å². The summed E-state index contributed by atoms with van der Waals surface area (Å²) in [7, 11) is 3.60. The second-order valence-corrected chi connectivity index (χ2v) is 5.50. The van der Waals surface area contributed by atoms with Crippen molar-refractivity contribution in [2.45, 2.75) is 12.6 Å². The number of halogens is 1. The Balaban J connectivity index is 1.82. The standard InChI is InChI=1S/C16H20FN3O2/c1-19-7-8-22-13(10-19)11-20-6-5-18-16(20)14-4-3-12(21-2)9-15(14)17/h3-6,9,13H,7-8,10-11H2,1-2H3. The number of hydrogen-bond acceptors (Lipinski definition) is 4. The molecule has 0 saturated carbocycles. The number of hydrogen-bond donors (Lipinski definition) is 0. The Morgan fingerprint density at radius 2 is 2.32 bits per heavy atom. The number of benzene rings is 1. The van der Waals surface area contributed by atoms with E-state index in [1.165, 1.54) is 13.2 Å². The fraction of sp³-hybridized carbons (Fsp3) is 0.438. The van der Waals surface area contributed by atoms with Crippen molar-refractivity contribution >= 4 is 0 Å². The summed E-state index contributed by atoms with van der Waals surface area (Å²) < 4.78 is 27.0. The summed E-state index contributed by atoms with van der Waals surface area (Å²) in [4.78, 5) is 6.54. The second kappa shape index (κ2) is 6.46. The first kappa shape index (κ1) is 15.0. The molecule has 5 nitrogen and oxygen atoms in total. The van der Waals surface area contributed by atoms with E-state index >= 15 is 0 Å². The van der Waals surface area contributed by atoms with E-state index in [9.17, 15) is 4.39 Å². The van der Waals surface area contributed by atoms with Crippen LogP contribution in [0.25, 0.3) is 11.4 Å². The van der Waals surface area contributed by atoms with Crippen molar-refractivity contribution < 1.29 is 13.9 Å². The Morgan fingerprint density at radius 3 is 3.05 bits per heavy atom. The lowest BCUT2D eigenvalue weighted by atomic mass is 10.2. The topological polar surface area (TPSA) is 39.5 Å². The van der Waals surface area contributed by atoms with Crippen LogP contribution < -0.4 is 4.74 Å². The highest BCUT2D eigenvalue weighted by Crippen LogP contribution is 2.25. The van der Waals surface area contributed by atoms with Gasteiger partial charge < -0.3 is 18.9 Å². The van der Waals surface area contributed by atoms with Gasteiger partial charge in [-0.2, -0.15) is 0 Å². The molecule has 0 amide bonds. The third-order valence-corrected chi connectivity index (χ3v) is 3.87. The third-order valence-electron chi connectivity index (χ3n) is 3.87. The second-order valence-electron chi connectivity index (χ2n) is 5.50. The van der Waals surface area contributed by atoms with E-state index in [1.807, 2.05) is 10.8 Å². The lowest BCUT2D eigenvalue weighted by Gasteiger charge is -2.30. The number of morpholine rings is 1. The highest BCUT2D eigenvalue weighted by atomic mass is 19.1. The van der Waals surface area contributed by atoms with Crippen LogP contribution in [-0.2, 0) is 11.3 Å². The van der Waals surface area contributed by atoms with Crippen LogP contribution in [0, 0.1) is 5.82 Å². The lowest BCUT2D eigenvalue weighted by molar-refractivity contribution is -0.0272. The third kappa shape index (κ3) is 3.13. The average Bonchev–Trinajstić information content (AvgIpc) is 2.95. The Labute approximate surface area is 129 Å². The maximum Gasteiger partial charge on any atom is 0.142 e. The van der Waals surface area contributed by atoms with Crippen molar-refractivity contribution in [3.05, 3.63) is 36.4 Å². The zero-order valence-corrected chi connectivity index (χ0v) is 12.8. The molecule has 6 heteroatoms. The van der Waals surface area contributed by atoms with Crippen molar-refractivity contribution in [1.82, 2.24) is 14.5 Å². The van der Waals surface area contributed by atoms with Gasteiger partial charge in [-0.05, 0) is 19.2 Å². The van der Waals surface area contributed by atoms with Crippen LogP contribution in [0.15, 0.2) is 30.6 Å². The number of nitrogens with zero attached hydrogens (tertiary/aromatic N) is 3. The van der Waals surface area contributed by atoms with Crippen LogP contribution in [0.2, 0.25) is 0 Å². The van der Waals surface area contributed by atoms with Crippen LogP contribution in [-0.4, -0.2) is 54.4 Å². The van der Waals surface area contributed by atoms with Crippen LogP contribution in [0.1, 0.15) is 0 Å². The predicted octanol–water partition coefficient (Wildman–Crippen LogP) is 2.03. The van der Waals surface area contributed by atoms with E-state index in [1.54, 1.807) is 18.3 Å². The molecule has 1 atom stereocenters. The summed E-state index contributed by atoms with van der Waals surface area (Å²) in [6.45, 7) is 3.19. The van der Waals surface area contributed by atoms with E-state index < -0.39 is 0 Å². The predicted molar refractivity (Wildman–Crippen MR) is 81.4 cm³/mol. The largest absolute Gasteiger partial charge is 0.497 e.